The fraction of sp³-hybridized carbons (Fsp3) is 0.500. The molecule has 8 nitrogen and oxygen atoms in total. The van der Waals surface area contributed by atoms with Gasteiger partial charge in [-0.05, 0) is 94.3 Å². The average Bonchev–Trinajstić information content (AvgIpc) is 3.52. The predicted octanol–water partition coefficient (Wildman–Crippen LogP) is 6.92. The second-order valence-electron chi connectivity index (χ2n) is 11.4. The lowest BCUT2D eigenvalue weighted by Crippen LogP contribution is -2.44. The van der Waals surface area contributed by atoms with Crippen LogP contribution in [0.5, 0.6) is 5.75 Å². The molecule has 3 aromatic rings. The van der Waals surface area contributed by atoms with Crippen LogP contribution in [0.4, 0.5) is 18.3 Å². The molecule has 0 spiro atoms. The predicted molar refractivity (Wildman–Crippen MR) is 178 cm³/mol. The van der Waals surface area contributed by atoms with Gasteiger partial charge in [-0.25, -0.2) is 9.78 Å². The van der Waals surface area contributed by atoms with Crippen molar-refractivity contribution in [3.63, 3.8) is 0 Å². The molecule has 252 valence electrons. The number of unbranched alkanes of at least 4 members (excludes halogenated alkanes) is 1. The maximum absolute atomic E-state index is 10.6. The zero-order chi connectivity index (χ0) is 33.1. The van der Waals surface area contributed by atoms with E-state index in [-0.39, 0.29) is 0 Å². The molecule has 0 amide bonds. The summed E-state index contributed by atoms with van der Waals surface area (Å²) in [6.45, 7) is 9.22. The lowest BCUT2D eigenvalue weighted by molar-refractivity contribution is -0.192. The summed E-state index contributed by atoms with van der Waals surface area (Å²) in [5.41, 5.74) is 3.42. The quantitative estimate of drug-likeness (QED) is 0.209. The third-order valence-corrected chi connectivity index (χ3v) is 9.55. The van der Waals surface area contributed by atoms with Gasteiger partial charge in [0.15, 0.2) is 5.13 Å². The summed E-state index contributed by atoms with van der Waals surface area (Å²) in [4.78, 5) is 21.0. The molecule has 0 aliphatic carbocycles. The molecule has 0 atom stereocenters. The molecule has 2 N–H and O–H groups in total. The number of likely N-dealkylation sites (tertiary alicyclic amines) is 1. The maximum Gasteiger partial charge on any atom is 0.490 e. The van der Waals surface area contributed by atoms with Crippen LogP contribution in [-0.4, -0.2) is 97.5 Å². The molecular formula is C32H40Cl2F3N5O3S. The van der Waals surface area contributed by atoms with E-state index >= 15 is 0 Å². The second kappa shape index (κ2) is 17.5. The first-order valence-corrected chi connectivity index (χ1v) is 16.9. The van der Waals surface area contributed by atoms with Crippen LogP contribution in [0.15, 0.2) is 47.8 Å². The standard InChI is InChI=1S/C30H39Cl2N5OS.C2HF3O2/c1-35-15-17-37(18-16-35)30-34-29(22-39-30)24-5-7-26(8-6-24)38-19-3-2-12-33-25-10-13-36(14-11-25)21-23-4-9-27(31)28(32)20-23;3-2(4,5)1(6)7/h4-9,20,22,25,33H,2-3,10-19,21H2,1H3;(H,6,7). The van der Waals surface area contributed by atoms with Gasteiger partial charge in [-0.3, -0.25) is 4.90 Å². The largest absolute Gasteiger partial charge is 0.494 e. The molecule has 46 heavy (non-hydrogen) atoms. The van der Waals surface area contributed by atoms with Gasteiger partial charge in [0.2, 0.25) is 0 Å². The summed E-state index contributed by atoms with van der Waals surface area (Å²) in [5.74, 6) is -1.83. The van der Waals surface area contributed by atoms with E-state index < -0.39 is 12.1 Å². The van der Waals surface area contributed by atoms with Crippen LogP contribution in [0.2, 0.25) is 10.0 Å². The SMILES string of the molecule is CN1CCN(c2nc(-c3ccc(OCCCCNC4CCN(Cc5ccc(Cl)c(Cl)c5)CC4)cc3)cs2)CC1.O=C(O)C(F)(F)F. The highest BCUT2D eigenvalue weighted by Crippen LogP contribution is 2.29. The Morgan fingerprint density at radius 2 is 1.70 bits per heavy atom. The van der Waals surface area contributed by atoms with Crippen molar-refractivity contribution in [1.82, 2.24) is 20.1 Å². The molecule has 0 saturated carbocycles. The highest BCUT2D eigenvalue weighted by atomic mass is 35.5. The van der Waals surface area contributed by atoms with Crippen molar-refractivity contribution < 1.29 is 27.8 Å². The van der Waals surface area contributed by atoms with Crippen LogP contribution in [0.1, 0.15) is 31.2 Å². The summed E-state index contributed by atoms with van der Waals surface area (Å²) < 4.78 is 37.7. The van der Waals surface area contributed by atoms with E-state index in [2.05, 4.69) is 62.8 Å². The van der Waals surface area contributed by atoms with Gasteiger partial charge in [0.25, 0.3) is 0 Å². The van der Waals surface area contributed by atoms with Crippen molar-refractivity contribution in [3.05, 3.63) is 63.5 Å². The van der Waals surface area contributed by atoms with E-state index in [9.17, 15) is 13.2 Å². The third kappa shape index (κ3) is 11.6. The van der Waals surface area contributed by atoms with E-state index in [1.807, 2.05) is 12.1 Å². The molecular weight excluding hydrogens is 662 g/mol. The number of likely N-dealkylation sites (N-methyl/N-ethyl adjacent to an activating group) is 1. The minimum atomic E-state index is -5.08. The van der Waals surface area contributed by atoms with Crippen molar-refractivity contribution in [3.8, 4) is 17.0 Å². The number of carboxylic acids is 1. The Bertz CT molecular complexity index is 1380. The minimum absolute atomic E-state index is 0.603. The number of piperidine rings is 1. The van der Waals surface area contributed by atoms with Gasteiger partial charge in [-0.15, -0.1) is 11.3 Å². The van der Waals surface area contributed by atoms with Gasteiger partial charge in [-0.1, -0.05) is 29.3 Å². The van der Waals surface area contributed by atoms with Crippen molar-refractivity contribution in [2.75, 3.05) is 64.4 Å². The smallest absolute Gasteiger partial charge is 0.490 e. The number of carboxylic acid groups (broad SMARTS) is 1. The van der Waals surface area contributed by atoms with Crippen LogP contribution in [0, 0.1) is 0 Å². The lowest BCUT2D eigenvalue weighted by atomic mass is 10.0. The molecule has 5 rings (SSSR count). The molecule has 2 aliphatic rings. The molecule has 2 saturated heterocycles. The normalized spacial score (nSPS) is 16.6. The summed E-state index contributed by atoms with van der Waals surface area (Å²) in [7, 11) is 2.18. The first kappa shape index (κ1) is 36.2. The molecule has 0 bridgehead atoms. The highest BCUT2D eigenvalue weighted by molar-refractivity contribution is 7.14. The first-order chi connectivity index (χ1) is 22.0. The number of rotatable bonds is 11. The van der Waals surface area contributed by atoms with E-state index in [1.165, 1.54) is 18.4 Å². The third-order valence-electron chi connectivity index (χ3n) is 7.91. The van der Waals surface area contributed by atoms with Gasteiger partial charge >= 0.3 is 12.1 Å². The van der Waals surface area contributed by atoms with Crippen LogP contribution in [0.25, 0.3) is 11.3 Å². The molecule has 14 heteroatoms. The number of aromatic nitrogens is 1. The van der Waals surface area contributed by atoms with Gasteiger partial charge in [0.1, 0.15) is 5.75 Å². The number of halogens is 5. The van der Waals surface area contributed by atoms with Crippen LogP contribution >= 0.6 is 34.5 Å². The number of anilines is 1. The summed E-state index contributed by atoms with van der Waals surface area (Å²) >= 11 is 13.9. The molecule has 0 radical (unpaired) electrons. The van der Waals surface area contributed by atoms with Crippen LogP contribution in [-0.2, 0) is 11.3 Å². The number of aliphatic carboxylic acids is 1. The van der Waals surface area contributed by atoms with Crippen molar-refractivity contribution in [2.45, 2.75) is 44.4 Å². The Kier molecular flexibility index (Phi) is 13.8. The zero-order valence-corrected chi connectivity index (χ0v) is 28.1. The summed E-state index contributed by atoms with van der Waals surface area (Å²) in [6, 6.07) is 14.9. The lowest BCUT2D eigenvalue weighted by Gasteiger charge is -2.32. The Hall–Kier alpha value is -2.61. The Morgan fingerprint density at radius 1 is 1.02 bits per heavy atom. The second-order valence-corrected chi connectivity index (χ2v) is 13.1. The van der Waals surface area contributed by atoms with E-state index in [0.717, 1.165) is 93.9 Å². The Morgan fingerprint density at radius 3 is 2.33 bits per heavy atom. The molecule has 3 heterocycles. The number of nitrogens with zero attached hydrogens (tertiary/aromatic N) is 4. The van der Waals surface area contributed by atoms with Crippen LogP contribution in [0.3, 0.4) is 0 Å². The number of hydrogen-bond acceptors (Lipinski definition) is 8. The zero-order valence-electron chi connectivity index (χ0n) is 25.7. The van der Waals surface area contributed by atoms with E-state index in [0.29, 0.717) is 16.1 Å². The molecule has 1 aromatic heterocycles. The number of thiazole rings is 1. The summed E-state index contributed by atoms with van der Waals surface area (Å²) in [5, 5.41) is 15.4. The molecule has 2 fully saturated rings. The number of hydrogen-bond donors (Lipinski definition) is 2. The van der Waals surface area contributed by atoms with Gasteiger partial charge in [0.05, 0.1) is 22.3 Å². The maximum atomic E-state index is 10.6. The summed E-state index contributed by atoms with van der Waals surface area (Å²) in [6.07, 6.45) is -0.555. The average molecular weight is 703 g/mol. The highest BCUT2D eigenvalue weighted by Gasteiger charge is 2.38. The molecule has 0 unspecified atom stereocenters. The number of piperazine rings is 1. The molecule has 2 aliphatic heterocycles. The number of carbonyl (C=O) groups is 1. The number of benzene rings is 2. The topological polar surface area (TPSA) is 81.2 Å². The molecule has 2 aromatic carbocycles. The minimum Gasteiger partial charge on any atom is -0.494 e. The Balaban J connectivity index is 0.000000617. The first-order valence-electron chi connectivity index (χ1n) is 15.3. The van der Waals surface area contributed by atoms with Gasteiger partial charge in [0, 0.05) is 49.7 Å². The van der Waals surface area contributed by atoms with Gasteiger partial charge in [-0.2, -0.15) is 13.2 Å². The van der Waals surface area contributed by atoms with E-state index in [4.69, 9.17) is 42.8 Å². The van der Waals surface area contributed by atoms with E-state index in [1.54, 1.807) is 11.3 Å². The number of nitrogens with one attached hydrogen (secondary N) is 1. The number of alkyl halides is 3. The van der Waals surface area contributed by atoms with Crippen molar-refractivity contribution in [2.24, 2.45) is 0 Å². The number of ether oxygens (including phenoxy) is 1. The Labute approximate surface area is 282 Å². The fourth-order valence-corrected chi connectivity index (χ4v) is 6.39. The van der Waals surface area contributed by atoms with Crippen molar-refractivity contribution in [1.29, 1.82) is 0 Å². The van der Waals surface area contributed by atoms with Crippen LogP contribution < -0.4 is 15.0 Å². The van der Waals surface area contributed by atoms with Crippen molar-refractivity contribution >= 4 is 45.6 Å². The fourth-order valence-electron chi connectivity index (χ4n) is 5.18. The van der Waals surface area contributed by atoms with Gasteiger partial charge < -0.3 is 25.0 Å². The monoisotopic (exact) mass is 701 g/mol.